The van der Waals surface area contributed by atoms with E-state index in [9.17, 15) is 4.79 Å². The zero-order chi connectivity index (χ0) is 28.7. The minimum Gasteiger partial charge on any atom is -0.439 e. The van der Waals surface area contributed by atoms with Gasteiger partial charge in [0.15, 0.2) is 5.76 Å². The highest BCUT2D eigenvalue weighted by Crippen LogP contribution is 2.40. The molecule has 1 aliphatic heterocycles. The van der Waals surface area contributed by atoms with Crippen LogP contribution in [0.5, 0.6) is 0 Å². The Hall–Kier alpha value is -3.25. The second kappa shape index (κ2) is 16.8. The first-order chi connectivity index (χ1) is 19.7. The zero-order valence-corrected chi connectivity index (χ0v) is 24.6. The lowest BCUT2D eigenvalue weighted by Crippen LogP contribution is -3.13. The Balaban J connectivity index is 0.00000106. The molecule has 1 amide bonds. The number of hydrogen-bond donors (Lipinski definition) is 2. The van der Waals surface area contributed by atoms with Crippen molar-refractivity contribution in [3.05, 3.63) is 89.6 Å². The molecule has 1 aliphatic carbocycles. The number of likely N-dealkylation sites (tertiary alicyclic amines) is 1. The summed E-state index contributed by atoms with van der Waals surface area (Å²) in [5.41, 5.74) is 2.05. The number of oxazole rings is 1. The first kappa shape index (κ1) is 31.3. The van der Waals surface area contributed by atoms with Crippen LogP contribution < -0.4 is 10.2 Å². The van der Waals surface area contributed by atoms with Gasteiger partial charge in [0.05, 0.1) is 31.2 Å². The smallest absolute Gasteiger partial charge is 0.251 e. The molecule has 0 bridgehead atoms. The first-order valence-corrected chi connectivity index (χ1v) is 15.2. The molecule has 2 aliphatic rings. The van der Waals surface area contributed by atoms with Crippen LogP contribution in [0.4, 0.5) is 0 Å². The van der Waals surface area contributed by atoms with Crippen LogP contribution in [-0.4, -0.2) is 36.8 Å². The summed E-state index contributed by atoms with van der Waals surface area (Å²) in [6.45, 7) is 11.1. The van der Waals surface area contributed by atoms with Gasteiger partial charge in [-0.1, -0.05) is 95.0 Å². The van der Waals surface area contributed by atoms with Gasteiger partial charge in [-0.2, -0.15) is 0 Å². The Bertz CT molecular complexity index is 1110. The van der Waals surface area contributed by atoms with Gasteiger partial charge in [0, 0.05) is 12.0 Å². The number of nitrogens with zero attached hydrogens (tertiary/aromatic N) is 1. The van der Waals surface area contributed by atoms with Crippen molar-refractivity contribution in [2.24, 2.45) is 11.8 Å². The van der Waals surface area contributed by atoms with Crippen LogP contribution >= 0.6 is 0 Å². The van der Waals surface area contributed by atoms with Gasteiger partial charge >= 0.3 is 0 Å². The molecular formula is C34H48N3O3+. The third kappa shape index (κ3) is 8.37. The van der Waals surface area contributed by atoms with Crippen molar-refractivity contribution < 1.29 is 18.9 Å². The number of amides is 1. The summed E-state index contributed by atoms with van der Waals surface area (Å²) in [7, 11) is 0. The fraction of sp³-hybridized carbons (Fsp3) is 0.500. The van der Waals surface area contributed by atoms with Gasteiger partial charge in [-0.25, -0.2) is 4.98 Å². The summed E-state index contributed by atoms with van der Waals surface area (Å²) in [6.07, 6.45) is 10.6. The molecule has 1 aromatic heterocycles. The van der Waals surface area contributed by atoms with E-state index in [-0.39, 0.29) is 17.9 Å². The number of carbonyl (C=O) groups excluding carboxylic acids is 2. The van der Waals surface area contributed by atoms with Gasteiger partial charge in [0.2, 0.25) is 5.89 Å². The lowest BCUT2D eigenvalue weighted by molar-refractivity contribution is -0.921. The molecule has 216 valence electrons. The van der Waals surface area contributed by atoms with Crippen molar-refractivity contribution in [2.75, 3.05) is 13.1 Å². The van der Waals surface area contributed by atoms with Gasteiger partial charge in [0.25, 0.3) is 5.91 Å². The largest absolute Gasteiger partial charge is 0.439 e. The Morgan fingerprint density at radius 2 is 1.65 bits per heavy atom. The third-order valence-corrected chi connectivity index (χ3v) is 8.36. The lowest BCUT2D eigenvalue weighted by Gasteiger charge is -2.35. The third-order valence-electron chi connectivity index (χ3n) is 8.36. The van der Waals surface area contributed by atoms with Crippen LogP contribution in [0.3, 0.4) is 0 Å². The molecule has 1 saturated carbocycles. The van der Waals surface area contributed by atoms with E-state index >= 15 is 0 Å². The normalized spacial score (nSPS) is 21.6. The van der Waals surface area contributed by atoms with E-state index in [0.29, 0.717) is 11.8 Å². The highest BCUT2D eigenvalue weighted by molar-refractivity contribution is 5.94. The van der Waals surface area contributed by atoms with Crippen molar-refractivity contribution in [1.82, 2.24) is 10.3 Å². The molecule has 2 fully saturated rings. The van der Waals surface area contributed by atoms with Crippen LogP contribution in [0.15, 0.2) is 71.3 Å². The van der Waals surface area contributed by atoms with E-state index < -0.39 is 0 Å². The Morgan fingerprint density at radius 1 is 1.00 bits per heavy atom. The van der Waals surface area contributed by atoms with Crippen LogP contribution in [0.25, 0.3) is 0 Å². The minimum atomic E-state index is 0.0282. The Morgan fingerprint density at radius 3 is 2.30 bits per heavy atom. The molecule has 2 aromatic carbocycles. The van der Waals surface area contributed by atoms with Crippen LogP contribution in [0.1, 0.15) is 99.2 Å². The molecule has 0 spiro atoms. The highest BCUT2D eigenvalue weighted by Gasteiger charge is 2.34. The van der Waals surface area contributed by atoms with Crippen molar-refractivity contribution in [1.29, 1.82) is 0 Å². The molecule has 0 radical (unpaired) electrons. The van der Waals surface area contributed by atoms with Gasteiger partial charge in [-0.3, -0.25) is 4.79 Å². The number of benzene rings is 2. The first-order valence-electron chi connectivity index (χ1n) is 15.2. The number of piperidine rings is 1. The number of quaternary nitrogens is 1. The summed E-state index contributed by atoms with van der Waals surface area (Å²) in [6, 6.07) is 20.5. The molecule has 2 N–H and O–H groups in total. The van der Waals surface area contributed by atoms with Gasteiger partial charge in [-0.05, 0) is 42.4 Å². The average Bonchev–Trinajstić information content (AvgIpc) is 3.48. The van der Waals surface area contributed by atoms with Gasteiger partial charge in [0.1, 0.15) is 13.3 Å². The number of carbonyl (C=O) groups is 2. The highest BCUT2D eigenvalue weighted by atomic mass is 16.4. The summed E-state index contributed by atoms with van der Waals surface area (Å²) in [5, 5.41) is 3.33. The summed E-state index contributed by atoms with van der Waals surface area (Å²) < 4.78 is 6.48. The predicted octanol–water partition coefficient (Wildman–Crippen LogP) is 5.84. The maximum atomic E-state index is 12.9. The quantitative estimate of drug-likeness (QED) is 0.372. The van der Waals surface area contributed by atoms with Gasteiger partial charge in [-0.15, -0.1) is 0 Å². The van der Waals surface area contributed by atoms with Crippen LogP contribution in [0.2, 0.25) is 0 Å². The maximum Gasteiger partial charge on any atom is 0.251 e. The molecular weight excluding hydrogens is 498 g/mol. The maximum absolute atomic E-state index is 12.9. The fourth-order valence-corrected chi connectivity index (χ4v) is 6.37. The predicted molar refractivity (Wildman–Crippen MR) is 160 cm³/mol. The minimum absolute atomic E-state index is 0.0282. The average molecular weight is 547 g/mol. The SMILES string of the molecule is C=O.CC.CCC1CC[NH+](Cc2cnc(C(c3ccccc3)C3CCCCC3)o2)CC1NC(=O)c1ccccc1. The van der Waals surface area contributed by atoms with Crippen molar-refractivity contribution in [2.45, 2.75) is 84.2 Å². The molecule has 5 rings (SSSR count). The number of aromatic nitrogens is 1. The monoisotopic (exact) mass is 546 g/mol. The molecule has 4 unspecified atom stereocenters. The number of rotatable bonds is 8. The molecule has 6 nitrogen and oxygen atoms in total. The van der Waals surface area contributed by atoms with Crippen LogP contribution in [-0.2, 0) is 11.3 Å². The molecule has 6 heteroatoms. The number of hydrogen-bond acceptors (Lipinski definition) is 4. The molecule has 4 atom stereocenters. The standard InChI is InChI=1S/C31H39N3O2.C2H6.CH2O/c1-2-23-18-19-34(22-28(23)33-30(35)26-16-10-5-11-17-26)21-27-20-32-31(36-27)29(24-12-6-3-7-13-24)25-14-8-4-9-15-25;2*1-2/h3,5-7,10-13,16-17,20,23,25,28-29H,2,4,8-9,14-15,18-19,21-22H2,1H3,(H,33,35);1-2H3;1H2/p+1. The van der Waals surface area contributed by atoms with Crippen molar-refractivity contribution in [3.8, 4) is 0 Å². The molecule has 2 heterocycles. The topological polar surface area (TPSA) is 76.6 Å². The molecule has 1 saturated heterocycles. The van der Waals surface area contributed by atoms with Crippen molar-refractivity contribution >= 4 is 12.7 Å². The Kier molecular flexibility index (Phi) is 13.1. The van der Waals surface area contributed by atoms with E-state index in [4.69, 9.17) is 14.2 Å². The van der Waals surface area contributed by atoms with Crippen molar-refractivity contribution in [3.63, 3.8) is 0 Å². The van der Waals surface area contributed by atoms with E-state index in [1.807, 2.05) is 57.2 Å². The van der Waals surface area contributed by atoms with E-state index in [0.717, 1.165) is 49.7 Å². The van der Waals surface area contributed by atoms with E-state index in [1.54, 1.807) is 0 Å². The zero-order valence-electron chi connectivity index (χ0n) is 24.6. The number of nitrogens with one attached hydrogen (secondary N) is 2. The second-order valence-electron chi connectivity index (χ2n) is 10.7. The Labute approximate surface area is 240 Å². The van der Waals surface area contributed by atoms with E-state index in [1.165, 1.54) is 42.6 Å². The second-order valence-corrected chi connectivity index (χ2v) is 10.7. The van der Waals surface area contributed by atoms with Crippen LogP contribution in [0, 0.1) is 11.8 Å². The summed E-state index contributed by atoms with van der Waals surface area (Å²) in [4.78, 5) is 27.1. The summed E-state index contributed by atoms with van der Waals surface area (Å²) in [5.74, 6) is 3.21. The molecule has 40 heavy (non-hydrogen) atoms. The summed E-state index contributed by atoms with van der Waals surface area (Å²) >= 11 is 0. The molecule has 3 aromatic rings. The van der Waals surface area contributed by atoms with E-state index in [2.05, 4.69) is 42.6 Å². The van der Waals surface area contributed by atoms with Gasteiger partial charge < -0.3 is 19.4 Å². The lowest BCUT2D eigenvalue weighted by atomic mass is 9.77. The fourth-order valence-electron chi connectivity index (χ4n) is 6.37.